The van der Waals surface area contributed by atoms with Crippen LogP contribution in [0.4, 0.5) is 0 Å². The Labute approximate surface area is 166 Å². The average molecular weight is 377 g/mol. The Morgan fingerprint density at radius 2 is 1.86 bits per heavy atom. The normalized spacial score (nSPS) is 17.4. The summed E-state index contributed by atoms with van der Waals surface area (Å²) < 4.78 is 8.20. The Morgan fingerprint density at radius 3 is 2.64 bits per heavy atom. The van der Waals surface area contributed by atoms with Gasteiger partial charge in [-0.05, 0) is 37.5 Å². The summed E-state index contributed by atoms with van der Waals surface area (Å²) in [5, 5.41) is 1.26. The molecule has 4 nitrogen and oxygen atoms in total. The van der Waals surface area contributed by atoms with E-state index >= 15 is 0 Å². The molecule has 28 heavy (non-hydrogen) atoms. The fourth-order valence-electron chi connectivity index (χ4n) is 4.05. The van der Waals surface area contributed by atoms with E-state index in [1.165, 1.54) is 16.5 Å². The van der Waals surface area contributed by atoms with Crippen LogP contribution in [0.3, 0.4) is 0 Å². The predicted molar refractivity (Wildman–Crippen MR) is 112 cm³/mol. The van der Waals surface area contributed by atoms with E-state index in [1.54, 1.807) is 0 Å². The number of aryl methyl sites for hydroxylation is 1. The van der Waals surface area contributed by atoms with Gasteiger partial charge in [0.2, 0.25) is 5.91 Å². The summed E-state index contributed by atoms with van der Waals surface area (Å²) in [5.74, 6) is 0.214. The number of morpholine rings is 1. The van der Waals surface area contributed by atoms with Crippen LogP contribution < -0.4 is 0 Å². The van der Waals surface area contributed by atoms with Gasteiger partial charge in [-0.2, -0.15) is 0 Å². The summed E-state index contributed by atoms with van der Waals surface area (Å²) in [4.78, 5) is 14.8. The van der Waals surface area contributed by atoms with Crippen molar-refractivity contribution in [1.29, 1.82) is 0 Å². The van der Waals surface area contributed by atoms with Gasteiger partial charge in [-0.15, -0.1) is 0 Å². The van der Waals surface area contributed by atoms with E-state index in [-0.39, 0.29) is 12.0 Å². The molecule has 2 aromatic carbocycles. The molecule has 0 saturated carbocycles. The lowest BCUT2D eigenvalue weighted by Crippen LogP contribution is -2.42. The first-order chi connectivity index (χ1) is 13.6. The molecular formula is C24H28N2O2. The van der Waals surface area contributed by atoms with E-state index in [4.69, 9.17) is 4.74 Å². The van der Waals surface area contributed by atoms with Crippen molar-refractivity contribution in [2.24, 2.45) is 0 Å². The highest BCUT2D eigenvalue weighted by atomic mass is 16.5. The van der Waals surface area contributed by atoms with Crippen LogP contribution in [0.25, 0.3) is 10.9 Å². The van der Waals surface area contributed by atoms with Gasteiger partial charge < -0.3 is 14.2 Å². The largest absolute Gasteiger partial charge is 0.370 e. The summed E-state index contributed by atoms with van der Waals surface area (Å²) in [5.41, 5.74) is 3.64. The minimum Gasteiger partial charge on any atom is -0.370 e. The topological polar surface area (TPSA) is 34.5 Å². The average Bonchev–Trinajstić information content (AvgIpc) is 3.12. The number of rotatable bonds is 5. The zero-order valence-corrected chi connectivity index (χ0v) is 16.7. The van der Waals surface area contributed by atoms with Gasteiger partial charge in [0.05, 0.1) is 13.2 Å². The van der Waals surface area contributed by atoms with Gasteiger partial charge in [0.25, 0.3) is 0 Å². The molecule has 1 aliphatic heterocycles. The first-order valence-corrected chi connectivity index (χ1v) is 10.2. The predicted octanol–water partition coefficient (Wildman–Crippen LogP) is 4.75. The number of hydrogen-bond donors (Lipinski definition) is 0. The number of para-hydroxylation sites is 1. The van der Waals surface area contributed by atoms with E-state index < -0.39 is 0 Å². The van der Waals surface area contributed by atoms with Crippen LogP contribution >= 0.6 is 0 Å². The Bertz CT molecular complexity index is 946. The molecule has 0 spiro atoms. The molecule has 1 unspecified atom stereocenters. The van der Waals surface area contributed by atoms with Gasteiger partial charge in [0.1, 0.15) is 6.10 Å². The lowest BCUT2D eigenvalue weighted by Gasteiger charge is -2.33. The molecule has 4 heteroatoms. The van der Waals surface area contributed by atoms with Gasteiger partial charge >= 0.3 is 0 Å². The lowest BCUT2D eigenvalue weighted by molar-refractivity contribution is -0.139. The zero-order chi connectivity index (χ0) is 19.5. The SMILES string of the molecule is CC(C)n1cc(CCC(=O)N2CCOC(c3ccccc3)C2)c2ccccc21. The third kappa shape index (κ3) is 3.83. The summed E-state index contributed by atoms with van der Waals surface area (Å²) in [6, 6.07) is 19.1. The van der Waals surface area contributed by atoms with Crippen molar-refractivity contribution >= 4 is 16.8 Å². The molecule has 0 radical (unpaired) electrons. The highest BCUT2D eigenvalue weighted by molar-refractivity contribution is 5.85. The number of nitrogens with zero attached hydrogens (tertiary/aromatic N) is 2. The molecule has 3 aromatic rings. The molecule has 0 aliphatic carbocycles. The van der Waals surface area contributed by atoms with Crippen LogP contribution in [-0.2, 0) is 16.0 Å². The number of fused-ring (bicyclic) bond motifs is 1. The van der Waals surface area contributed by atoms with Crippen LogP contribution in [0, 0.1) is 0 Å². The van der Waals surface area contributed by atoms with Crippen molar-refractivity contribution in [3.05, 3.63) is 71.9 Å². The Morgan fingerprint density at radius 1 is 1.11 bits per heavy atom. The maximum absolute atomic E-state index is 12.9. The van der Waals surface area contributed by atoms with Crippen LogP contribution in [0.5, 0.6) is 0 Å². The Balaban J connectivity index is 1.44. The molecule has 1 aliphatic rings. The lowest BCUT2D eigenvalue weighted by atomic mass is 10.1. The number of carbonyl (C=O) groups is 1. The third-order valence-corrected chi connectivity index (χ3v) is 5.58. The molecule has 2 heterocycles. The quantitative estimate of drug-likeness (QED) is 0.644. The van der Waals surface area contributed by atoms with Crippen molar-refractivity contribution in [1.82, 2.24) is 9.47 Å². The van der Waals surface area contributed by atoms with Crippen LogP contribution in [-0.4, -0.2) is 35.1 Å². The second-order valence-corrected chi connectivity index (χ2v) is 7.78. The van der Waals surface area contributed by atoms with Gasteiger partial charge in [0, 0.05) is 36.1 Å². The molecule has 4 rings (SSSR count). The van der Waals surface area contributed by atoms with E-state index in [9.17, 15) is 4.79 Å². The first-order valence-electron chi connectivity index (χ1n) is 10.2. The van der Waals surface area contributed by atoms with E-state index in [0.717, 1.165) is 12.0 Å². The maximum Gasteiger partial charge on any atom is 0.223 e. The molecule has 1 aromatic heterocycles. The van der Waals surface area contributed by atoms with Crippen LogP contribution in [0.1, 0.15) is 43.5 Å². The second kappa shape index (κ2) is 8.19. The molecule has 1 fully saturated rings. The summed E-state index contributed by atoms with van der Waals surface area (Å²) in [7, 11) is 0. The summed E-state index contributed by atoms with van der Waals surface area (Å²) >= 11 is 0. The van der Waals surface area contributed by atoms with E-state index in [2.05, 4.69) is 61.0 Å². The Hall–Kier alpha value is -2.59. The summed E-state index contributed by atoms with van der Waals surface area (Å²) in [6.45, 7) is 6.29. The monoisotopic (exact) mass is 376 g/mol. The van der Waals surface area contributed by atoms with Gasteiger partial charge in [-0.25, -0.2) is 0 Å². The smallest absolute Gasteiger partial charge is 0.223 e. The number of amides is 1. The highest BCUT2D eigenvalue weighted by Gasteiger charge is 2.25. The summed E-state index contributed by atoms with van der Waals surface area (Å²) in [6.07, 6.45) is 3.50. The number of aromatic nitrogens is 1. The van der Waals surface area contributed by atoms with Crippen molar-refractivity contribution in [3.8, 4) is 0 Å². The van der Waals surface area contributed by atoms with Crippen molar-refractivity contribution in [2.45, 2.75) is 38.8 Å². The zero-order valence-electron chi connectivity index (χ0n) is 16.7. The standard InChI is InChI=1S/C24H28N2O2/c1-18(2)26-16-20(21-10-6-7-11-22(21)26)12-13-24(27)25-14-15-28-23(17-25)19-8-4-3-5-9-19/h3-11,16,18,23H,12-15,17H2,1-2H3. The van der Waals surface area contributed by atoms with E-state index in [0.29, 0.717) is 32.2 Å². The number of ether oxygens (including phenoxy) is 1. The molecule has 1 amide bonds. The highest BCUT2D eigenvalue weighted by Crippen LogP contribution is 2.26. The molecular weight excluding hydrogens is 348 g/mol. The maximum atomic E-state index is 12.9. The molecule has 0 bridgehead atoms. The minimum absolute atomic E-state index is 0.0262. The van der Waals surface area contributed by atoms with Gasteiger partial charge in [-0.3, -0.25) is 4.79 Å². The van der Waals surface area contributed by atoms with Gasteiger partial charge in [-0.1, -0.05) is 48.5 Å². The van der Waals surface area contributed by atoms with E-state index in [1.807, 2.05) is 23.1 Å². The van der Waals surface area contributed by atoms with Crippen LogP contribution in [0.2, 0.25) is 0 Å². The van der Waals surface area contributed by atoms with Gasteiger partial charge in [0.15, 0.2) is 0 Å². The second-order valence-electron chi connectivity index (χ2n) is 7.78. The van der Waals surface area contributed by atoms with Crippen molar-refractivity contribution in [3.63, 3.8) is 0 Å². The minimum atomic E-state index is -0.0262. The number of hydrogen-bond acceptors (Lipinski definition) is 2. The Kier molecular flexibility index (Phi) is 5.49. The molecule has 1 atom stereocenters. The molecule has 146 valence electrons. The third-order valence-electron chi connectivity index (χ3n) is 5.58. The fraction of sp³-hybridized carbons (Fsp3) is 0.375. The van der Waals surface area contributed by atoms with Crippen LogP contribution in [0.15, 0.2) is 60.8 Å². The number of carbonyl (C=O) groups excluding carboxylic acids is 1. The fourth-order valence-corrected chi connectivity index (χ4v) is 4.05. The number of benzene rings is 2. The first kappa shape index (κ1) is 18.8. The molecule has 1 saturated heterocycles. The van der Waals surface area contributed by atoms with Crippen molar-refractivity contribution < 1.29 is 9.53 Å². The molecule has 0 N–H and O–H groups in total. The van der Waals surface area contributed by atoms with Crippen molar-refractivity contribution in [2.75, 3.05) is 19.7 Å².